The molecule has 0 unspecified atom stereocenters. The number of nitrogens with two attached hydrogens (primary N) is 1. The molecule has 4 heteroatoms. The lowest BCUT2D eigenvalue weighted by molar-refractivity contribution is -0.122. The summed E-state index contributed by atoms with van der Waals surface area (Å²) < 4.78 is 0. The Morgan fingerprint density at radius 1 is 1.05 bits per heavy atom. The third kappa shape index (κ3) is 3.39. The minimum atomic E-state index is -0.629. The van der Waals surface area contributed by atoms with E-state index in [-0.39, 0.29) is 12.2 Å². The number of Topliss-reactive ketones (excluding diaryl/α,β-unsaturated/α-hetero) is 1. The summed E-state index contributed by atoms with van der Waals surface area (Å²) in [4.78, 5) is 12.7. The van der Waals surface area contributed by atoms with Crippen LogP contribution >= 0.6 is 23.2 Å². The number of benzene rings is 2. The third-order valence-electron chi connectivity index (χ3n) is 3.73. The molecule has 0 saturated heterocycles. The van der Waals surface area contributed by atoms with Gasteiger partial charge in [0.1, 0.15) is 5.78 Å². The Balaban J connectivity index is 2.28. The third-order valence-corrected chi connectivity index (χ3v) is 4.44. The topological polar surface area (TPSA) is 43.1 Å². The Hall–Kier alpha value is -1.51. The monoisotopic (exact) mass is 321 g/mol. The molecule has 0 radical (unpaired) electrons. The van der Waals surface area contributed by atoms with Crippen LogP contribution in [0, 0.1) is 0 Å². The number of carbonyl (C=O) groups excluding carboxylic acids is 1. The molecule has 0 amide bonds. The van der Waals surface area contributed by atoms with Crippen LogP contribution in [0.15, 0.2) is 42.5 Å². The summed E-state index contributed by atoms with van der Waals surface area (Å²) in [7, 11) is 0. The normalized spacial score (nSPS) is 11.4. The van der Waals surface area contributed by atoms with E-state index >= 15 is 0 Å². The second-order valence-corrected chi connectivity index (χ2v) is 6.36. The first-order chi connectivity index (χ1) is 9.82. The number of hydrogen-bond donors (Lipinski definition) is 1. The molecule has 0 aromatic heterocycles. The zero-order valence-corrected chi connectivity index (χ0v) is 13.5. The van der Waals surface area contributed by atoms with Crippen LogP contribution in [0.2, 0.25) is 10.0 Å². The van der Waals surface area contributed by atoms with E-state index in [4.69, 9.17) is 28.9 Å². The predicted molar refractivity (Wildman–Crippen MR) is 89.1 cm³/mol. The molecule has 21 heavy (non-hydrogen) atoms. The minimum Gasteiger partial charge on any atom is -0.399 e. The number of ketones is 1. The van der Waals surface area contributed by atoms with Crippen LogP contribution in [0.25, 0.3) is 0 Å². The van der Waals surface area contributed by atoms with E-state index in [0.717, 1.165) is 5.56 Å². The van der Waals surface area contributed by atoms with Crippen molar-refractivity contribution in [2.75, 3.05) is 5.73 Å². The first-order valence-corrected chi connectivity index (χ1v) is 7.40. The Morgan fingerprint density at radius 3 is 2.10 bits per heavy atom. The van der Waals surface area contributed by atoms with Gasteiger partial charge in [0.15, 0.2) is 0 Å². The van der Waals surface area contributed by atoms with Gasteiger partial charge in [-0.25, -0.2) is 0 Å². The quantitative estimate of drug-likeness (QED) is 0.832. The lowest BCUT2D eigenvalue weighted by Gasteiger charge is -2.24. The van der Waals surface area contributed by atoms with Crippen LogP contribution in [0.1, 0.15) is 25.0 Å². The molecule has 2 N–H and O–H groups in total. The van der Waals surface area contributed by atoms with Crippen molar-refractivity contribution in [3.8, 4) is 0 Å². The van der Waals surface area contributed by atoms with Crippen LogP contribution < -0.4 is 5.73 Å². The average Bonchev–Trinajstić information content (AvgIpc) is 2.43. The molecule has 0 aliphatic carbocycles. The fourth-order valence-electron chi connectivity index (χ4n) is 2.14. The van der Waals surface area contributed by atoms with E-state index in [1.807, 2.05) is 26.0 Å². The molecule has 0 aliphatic heterocycles. The fraction of sp³-hybridized carbons (Fsp3) is 0.235. The molecule has 2 nitrogen and oxygen atoms in total. The molecule has 0 atom stereocenters. The van der Waals surface area contributed by atoms with Crippen molar-refractivity contribution in [3.05, 3.63) is 63.6 Å². The Labute approximate surface area is 134 Å². The molecule has 110 valence electrons. The van der Waals surface area contributed by atoms with Crippen molar-refractivity contribution < 1.29 is 4.79 Å². The average molecular weight is 322 g/mol. The van der Waals surface area contributed by atoms with Crippen LogP contribution in [-0.2, 0) is 16.6 Å². The maximum Gasteiger partial charge on any atom is 0.147 e. The number of rotatable bonds is 4. The van der Waals surface area contributed by atoms with Crippen molar-refractivity contribution in [1.29, 1.82) is 0 Å². The zero-order valence-electron chi connectivity index (χ0n) is 12.0. The molecule has 2 rings (SSSR count). The minimum absolute atomic E-state index is 0.0577. The van der Waals surface area contributed by atoms with Crippen molar-refractivity contribution in [2.45, 2.75) is 25.7 Å². The van der Waals surface area contributed by atoms with E-state index in [1.165, 1.54) is 0 Å². The molecule has 0 spiro atoms. The van der Waals surface area contributed by atoms with Gasteiger partial charge in [0.05, 0.1) is 0 Å². The molecule has 0 bridgehead atoms. The van der Waals surface area contributed by atoms with Crippen molar-refractivity contribution in [2.24, 2.45) is 0 Å². The van der Waals surface area contributed by atoms with Gasteiger partial charge >= 0.3 is 0 Å². The van der Waals surface area contributed by atoms with Crippen LogP contribution in [0.5, 0.6) is 0 Å². The van der Waals surface area contributed by atoms with Gasteiger partial charge in [-0.1, -0.05) is 41.4 Å². The maximum atomic E-state index is 12.7. The molecule has 0 aliphatic rings. The standard InChI is InChI=1S/C17H17Cl2NO/c1-17(2,11-6-8-12(20)9-7-11)16(21)10-13-14(18)4-3-5-15(13)19/h3-9H,10,20H2,1-2H3. The highest BCUT2D eigenvalue weighted by molar-refractivity contribution is 6.36. The van der Waals surface area contributed by atoms with Crippen molar-refractivity contribution in [3.63, 3.8) is 0 Å². The highest BCUT2D eigenvalue weighted by Crippen LogP contribution is 2.30. The number of hydrogen-bond acceptors (Lipinski definition) is 2. The van der Waals surface area contributed by atoms with E-state index in [9.17, 15) is 4.79 Å². The number of nitrogen functional groups attached to an aromatic ring is 1. The number of carbonyl (C=O) groups is 1. The van der Waals surface area contributed by atoms with Crippen LogP contribution in [0.4, 0.5) is 5.69 Å². The van der Waals surface area contributed by atoms with Crippen molar-refractivity contribution >= 4 is 34.7 Å². The van der Waals surface area contributed by atoms with Crippen LogP contribution in [-0.4, -0.2) is 5.78 Å². The molecule has 2 aromatic rings. The first-order valence-electron chi connectivity index (χ1n) is 6.64. The molecular formula is C17H17Cl2NO. The smallest absolute Gasteiger partial charge is 0.147 e. The summed E-state index contributed by atoms with van der Waals surface area (Å²) in [6.45, 7) is 3.79. The fourth-order valence-corrected chi connectivity index (χ4v) is 2.67. The Bertz CT molecular complexity index is 643. The maximum absolute atomic E-state index is 12.7. The lowest BCUT2D eigenvalue weighted by atomic mass is 9.78. The van der Waals surface area contributed by atoms with Gasteiger partial charge in [-0.05, 0) is 49.2 Å². The van der Waals surface area contributed by atoms with E-state index in [0.29, 0.717) is 21.3 Å². The van der Waals surface area contributed by atoms with Gasteiger partial charge in [-0.15, -0.1) is 0 Å². The summed E-state index contributed by atoms with van der Waals surface area (Å²) in [6, 6.07) is 12.6. The Morgan fingerprint density at radius 2 is 1.57 bits per heavy atom. The van der Waals surface area contributed by atoms with Gasteiger partial charge in [0.2, 0.25) is 0 Å². The largest absolute Gasteiger partial charge is 0.399 e. The van der Waals surface area contributed by atoms with Crippen LogP contribution in [0.3, 0.4) is 0 Å². The second-order valence-electron chi connectivity index (χ2n) is 5.55. The first kappa shape index (κ1) is 15.9. The van der Waals surface area contributed by atoms with Crippen molar-refractivity contribution in [1.82, 2.24) is 0 Å². The summed E-state index contributed by atoms with van der Waals surface area (Å²) in [6.07, 6.45) is 0.204. The molecule has 0 fully saturated rings. The van der Waals surface area contributed by atoms with Gasteiger partial charge in [-0.3, -0.25) is 4.79 Å². The lowest BCUT2D eigenvalue weighted by Crippen LogP contribution is -2.30. The van der Waals surface area contributed by atoms with E-state index in [1.54, 1.807) is 30.3 Å². The zero-order chi connectivity index (χ0) is 15.6. The van der Waals surface area contributed by atoms with E-state index < -0.39 is 5.41 Å². The van der Waals surface area contributed by atoms with Gasteiger partial charge in [-0.2, -0.15) is 0 Å². The van der Waals surface area contributed by atoms with Gasteiger partial charge < -0.3 is 5.73 Å². The predicted octanol–water partition coefficient (Wildman–Crippen LogP) is 4.67. The highest BCUT2D eigenvalue weighted by Gasteiger charge is 2.30. The summed E-state index contributed by atoms with van der Waals surface area (Å²) in [5.41, 5.74) is 7.33. The van der Waals surface area contributed by atoms with Gasteiger partial charge in [0.25, 0.3) is 0 Å². The molecule has 2 aromatic carbocycles. The molecule has 0 heterocycles. The number of halogens is 2. The SMILES string of the molecule is CC(C)(C(=O)Cc1c(Cl)cccc1Cl)c1ccc(N)cc1. The summed E-state index contributed by atoms with van der Waals surface area (Å²) >= 11 is 12.3. The number of anilines is 1. The Kier molecular flexibility index (Phi) is 4.60. The highest BCUT2D eigenvalue weighted by atomic mass is 35.5. The second kappa shape index (κ2) is 6.08. The van der Waals surface area contributed by atoms with Gasteiger partial charge in [0, 0.05) is 27.6 Å². The summed E-state index contributed by atoms with van der Waals surface area (Å²) in [5.74, 6) is 0.0577. The summed E-state index contributed by atoms with van der Waals surface area (Å²) in [5, 5.41) is 1.04. The molecular weight excluding hydrogens is 305 g/mol. The van der Waals surface area contributed by atoms with E-state index in [2.05, 4.69) is 0 Å². The molecule has 0 saturated carbocycles.